The molecule has 0 bridgehead atoms. The van der Waals surface area contributed by atoms with Gasteiger partial charge in [0.05, 0.1) is 17.4 Å². The monoisotopic (exact) mass is 566 g/mol. The number of aromatic nitrogens is 3. The number of anilines is 2. The van der Waals surface area contributed by atoms with Gasteiger partial charge in [0.15, 0.2) is 17.1 Å². The fourth-order valence-electron chi connectivity index (χ4n) is 5.66. The SMILES string of the molecule is Cc1ccc(N2CCC[C@H](N(Cc3ccnc(N)c3)Cc3cn(C4CC4)c4cc(F)c(F)cc4c3=O)C2)cn1.Cl. The number of halogens is 3. The van der Waals surface area contributed by atoms with Crippen LogP contribution in [0.15, 0.2) is 59.8 Å². The number of hydrogen-bond donors (Lipinski definition) is 1. The van der Waals surface area contributed by atoms with E-state index in [9.17, 15) is 13.6 Å². The van der Waals surface area contributed by atoms with E-state index in [4.69, 9.17) is 5.73 Å². The molecule has 2 aliphatic rings. The van der Waals surface area contributed by atoms with E-state index in [1.807, 2.05) is 42.1 Å². The molecule has 40 heavy (non-hydrogen) atoms. The van der Waals surface area contributed by atoms with Crippen LogP contribution in [-0.4, -0.2) is 38.6 Å². The second-order valence-electron chi connectivity index (χ2n) is 10.8. The predicted molar refractivity (Wildman–Crippen MR) is 156 cm³/mol. The molecular weight excluding hydrogens is 534 g/mol. The van der Waals surface area contributed by atoms with Gasteiger partial charge in [-0.1, -0.05) is 0 Å². The molecule has 0 radical (unpaired) electrons. The minimum Gasteiger partial charge on any atom is -0.384 e. The third-order valence-electron chi connectivity index (χ3n) is 7.87. The van der Waals surface area contributed by atoms with E-state index in [1.165, 1.54) is 0 Å². The molecular formula is C30H33ClF2N6O. The number of nitrogen functional groups attached to an aromatic ring is 1. The highest BCUT2D eigenvalue weighted by Gasteiger charge is 2.29. The van der Waals surface area contributed by atoms with E-state index in [2.05, 4.69) is 25.8 Å². The van der Waals surface area contributed by atoms with Crippen molar-refractivity contribution >= 4 is 34.8 Å². The molecule has 1 aromatic carbocycles. The molecule has 0 spiro atoms. The lowest BCUT2D eigenvalue weighted by Gasteiger charge is -2.40. The van der Waals surface area contributed by atoms with Gasteiger partial charge in [0.1, 0.15) is 5.82 Å². The average Bonchev–Trinajstić information content (AvgIpc) is 3.77. The number of hydrogen-bond acceptors (Lipinski definition) is 6. The molecule has 4 aromatic rings. The maximum atomic E-state index is 14.3. The van der Waals surface area contributed by atoms with Gasteiger partial charge < -0.3 is 15.2 Å². The number of fused-ring (bicyclic) bond motifs is 1. The Morgan fingerprint density at radius 1 is 1.05 bits per heavy atom. The number of rotatable bonds is 7. The van der Waals surface area contributed by atoms with Gasteiger partial charge in [-0.15, -0.1) is 12.4 Å². The van der Waals surface area contributed by atoms with Gasteiger partial charge in [0.25, 0.3) is 0 Å². The van der Waals surface area contributed by atoms with Crippen LogP contribution in [0, 0.1) is 18.6 Å². The molecule has 1 aliphatic heterocycles. The maximum absolute atomic E-state index is 14.3. The van der Waals surface area contributed by atoms with Crippen molar-refractivity contribution in [1.29, 1.82) is 0 Å². The Labute approximate surface area is 238 Å². The number of nitrogens with two attached hydrogens (primary N) is 1. The van der Waals surface area contributed by atoms with E-state index in [0.717, 1.165) is 67.9 Å². The maximum Gasteiger partial charge on any atom is 0.193 e. The predicted octanol–water partition coefficient (Wildman–Crippen LogP) is 5.39. The summed E-state index contributed by atoms with van der Waals surface area (Å²) in [4.78, 5) is 26.9. The fraction of sp³-hybridized carbons (Fsp3) is 0.367. The van der Waals surface area contributed by atoms with Gasteiger partial charge in [-0.25, -0.2) is 13.8 Å². The van der Waals surface area contributed by atoms with Gasteiger partial charge in [-0.05, 0) is 68.5 Å². The zero-order valence-electron chi connectivity index (χ0n) is 22.4. The van der Waals surface area contributed by atoms with Crippen LogP contribution in [0.1, 0.15) is 48.5 Å². The molecule has 2 fully saturated rings. The molecule has 0 unspecified atom stereocenters. The number of aryl methyl sites for hydroxylation is 1. The molecule has 6 rings (SSSR count). The van der Waals surface area contributed by atoms with Crippen molar-refractivity contribution in [2.75, 3.05) is 23.7 Å². The number of piperidine rings is 1. The summed E-state index contributed by atoms with van der Waals surface area (Å²) in [7, 11) is 0. The van der Waals surface area contributed by atoms with Crippen molar-refractivity contribution in [2.45, 2.75) is 57.8 Å². The molecule has 7 nitrogen and oxygen atoms in total. The summed E-state index contributed by atoms with van der Waals surface area (Å²) in [6, 6.07) is 10.5. The minimum atomic E-state index is -1.00. The highest BCUT2D eigenvalue weighted by Crippen LogP contribution is 2.37. The number of pyridine rings is 3. The Hall–Kier alpha value is -3.56. The van der Waals surface area contributed by atoms with Crippen LogP contribution in [0.2, 0.25) is 0 Å². The van der Waals surface area contributed by atoms with E-state index in [0.29, 0.717) is 30.0 Å². The highest BCUT2D eigenvalue weighted by atomic mass is 35.5. The van der Waals surface area contributed by atoms with E-state index in [-0.39, 0.29) is 35.3 Å². The van der Waals surface area contributed by atoms with Crippen molar-refractivity contribution in [2.24, 2.45) is 0 Å². The highest BCUT2D eigenvalue weighted by molar-refractivity contribution is 5.85. The molecule has 1 atom stereocenters. The van der Waals surface area contributed by atoms with Crippen molar-refractivity contribution < 1.29 is 8.78 Å². The first-order chi connectivity index (χ1) is 18.9. The summed E-state index contributed by atoms with van der Waals surface area (Å²) in [5, 5.41) is 0.224. The minimum absolute atomic E-state index is 0. The first kappa shape index (κ1) is 28.0. The standard InChI is InChI=1S/C30H32F2N6O.ClH/c1-19-4-5-23(14-35-19)36-10-2-3-24(18-36)37(15-20-8-9-34-29(33)11-20)16-21-17-38(22-6-7-22)28-13-27(32)26(31)12-25(28)30(21)39;/h4-5,8-9,11-14,17,22,24H,2-3,6-7,10,15-16,18H2,1H3,(H2,33,34);1H/t24-;/m0./s1. The van der Waals surface area contributed by atoms with Gasteiger partial charge >= 0.3 is 0 Å². The van der Waals surface area contributed by atoms with Gasteiger partial charge in [-0.2, -0.15) is 0 Å². The Morgan fingerprint density at radius 2 is 1.85 bits per heavy atom. The first-order valence-corrected chi connectivity index (χ1v) is 13.5. The zero-order valence-corrected chi connectivity index (χ0v) is 23.2. The molecule has 10 heteroatoms. The van der Waals surface area contributed by atoms with Crippen molar-refractivity contribution in [1.82, 2.24) is 19.4 Å². The van der Waals surface area contributed by atoms with Crippen LogP contribution in [0.4, 0.5) is 20.3 Å². The Bertz CT molecular complexity index is 1570. The van der Waals surface area contributed by atoms with Crippen molar-refractivity contribution in [3.05, 3.63) is 93.7 Å². The van der Waals surface area contributed by atoms with Crippen LogP contribution in [0.5, 0.6) is 0 Å². The summed E-state index contributed by atoms with van der Waals surface area (Å²) in [6.07, 6.45) is 9.36. The molecule has 1 saturated carbocycles. The van der Waals surface area contributed by atoms with E-state index < -0.39 is 11.6 Å². The normalized spacial score (nSPS) is 17.3. The molecule has 1 aliphatic carbocycles. The van der Waals surface area contributed by atoms with Gasteiger partial charge in [-0.3, -0.25) is 14.7 Å². The Morgan fingerprint density at radius 3 is 2.58 bits per heavy atom. The second kappa shape index (κ2) is 11.5. The third kappa shape index (κ3) is 5.81. The summed E-state index contributed by atoms with van der Waals surface area (Å²) in [5.41, 5.74) is 9.83. The lowest BCUT2D eigenvalue weighted by molar-refractivity contribution is 0.158. The van der Waals surface area contributed by atoms with Crippen LogP contribution >= 0.6 is 12.4 Å². The lowest BCUT2D eigenvalue weighted by atomic mass is 10.0. The largest absolute Gasteiger partial charge is 0.384 e. The summed E-state index contributed by atoms with van der Waals surface area (Å²) >= 11 is 0. The summed E-state index contributed by atoms with van der Waals surface area (Å²) < 4.78 is 30.4. The number of benzene rings is 1. The van der Waals surface area contributed by atoms with E-state index >= 15 is 0 Å². The van der Waals surface area contributed by atoms with Crippen LogP contribution in [0.25, 0.3) is 10.9 Å². The van der Waals surface area contributed by atoms with Gasteiger partial charge in [0, 0.05) is 73.4 Å². The van der Waals surface area contributed by atoms with Crippen molar-refractivity contribution in [3.63, 3.8) is 0 Å². The van der Waals surface area contributed by atoms with Crippen LogP contribution in [0.3, 0.4) is 0 Å². The average molecular weight is 567 g/mol. The molecule has 210 valence electrons. The molecule has 1 saturated heterocycles. The number of nitrogens with zero attached hydrogens (tertiary/aromatic N) is 5. The first-order valence-electron chi connectivity index (χ1n) is 13.5. The summed E-state index contributed by atoms with van der Waals surface area (Å²) in [5.74, 6) is -1.49. The van der Waals surface area contributed by atoms with Crippen molar-refractivity contribution in [3.8, 4) is 0 Å². The Kier molecular flexibility index (Phi) is 8.05. The molecule has 4 heterocycles. The third-order valence-corrected chi connectivity index (χ3v) is 7.87. The molecule has 0 amide bonds. The summed E-state index contributed by atoms with van der Waals surface area (Å²) in [6.45, 7) is 4.66. The Balaban J connectivity index is 0.00000323. The zero-order chi connectivity index (χ0) is 27.1. The van der Waals surface area contributed by atoms with E-state index in [1.54, 1.807) is 6.20 Å². The smallest absolute Gasteiger partial charge is 0.193 e. The van der Waals surface area contributed by atoms with Crippen LogP contribution in [-0.2, 0) is 13.1 Å². The lowest BCUT2D eigenvalue weighted by Crippen LogP contribution is -2.48. The van der Waals surface area contributed by atoms with Gasteiger partial charge in [0.2, 0.25) is 0 Å². The fourth-order valence-corrected chi connectivity index (χ4v) is 5.66. The quantitative estimate of drug-likeness (QED) is 0.323. The van der Waals surface area contributed by atoms with Crippen LogP contribution < -0.4 is 16.1 Å². The molecule has 2 N–H and O–H groups in total. The molecule has 3 aromatic heterocycles. The second-order valence-corrected chi connectivity index (χ2v) is 10.8. The topological polar surface area (TPSA) is 80.3 Å².